The van der Waals surface area contributed by atoms with E-state index in [-0.39, 0.29) is 23.8 Å². The maximum Gasteiger partial charge on any atom is 0.340 e. The number of amides is 3. The summed E-state index contributed by atoms with van der Waals surface area (Å²) >= 11 is 1.21. The van der Waals surface area contributed by atoms with Crippen LogP contribution >= 0.6 is 11.3 Å². The number of nitrogens with zero attached hydrogens (tertiary/aromatic N) is 1. The van der Waals surface area contributed by atoms with Crippen LogP contribution in [0.1, 0.15) is 27.1 Å². The monoisotopic (exact) mass is 430 g/mol. The number of hydrogen-bond acceptors (Lipinski definition) is 6. The third-order valence-electron chi connectivity index (χ3n) is 4.54. The van der Waals surface area contributed by atoms with Crippen LogP contribution in [-0.4, -0.2) is 43.8 Å². The maximum atomic E-state index is 12.3. The van der Waals surface area contributed by atoms with Gasteiger partial charge in [-0.3, -0.25) is 14.5 Å². The highest BCUT2D eigenvalue weighted by atomic mass is 32.2. The van der Waals surface area contributed by atoms with Gasteiger partial charge in [0.25, 0.3) is 11.8 Å². The maximum absolute atomic E-state index is 12.3. The SMILES string of the molecule is CS(=O)(=O)c1ccc2[nH+]c(NC(=O)CCN3C(=O)c4ccccc4C3=O)sc2c1. The number of fused-ring (bicyclic) bond motifs is 2. The average molecular weight is 430 g/mol. The van der Waals surface area contributed by atoms with Crippen molar-refractivity contribution >= 4 is 54.2 Å². The molecule has 29 heavy (non-hydrogen) atoms. The lowest BCUT2D eigenvalue weighted by Crippen LogP contribution is -2.33. The molecule has 1 aromatic heterocycles. The molecule has 0 spiro atoms. The van der Waals surface area contributed by atoms with Gasteiger partial charge >= 0.3 is 11.0 Å². The van der Waals surface area contributed by atoms with E-state index < -0.39 is 21.7 Å². The van der Waals surface area contributed by atoms with Gasteiger partial charge in [-0.2, -0.15) is 0 Å². The summed E-state index contributed by atoms with van der Waals surface area (Å²) in [5.74, 6) is -1.17. The van der Waals surface area contributed by atoms with Gasteiger partial charge < -0.3 is 0 Å². The smallest absolute Gasteiger partial charge is 0.274 e. The van der Waals surface area contributed by atoms with Crippen molar-refractivity contribution in [1.29, 1.82) is 0 Å². The van der Waals surface area contributed by atoms with Crippen LogP contribution < -0.4 is 10.3 Å². The first kappa shape index (κ1) is 19.2. The molecule has 0 bridgehead atoms. The number of aromatic amines is 1. The van der Waals surface area contributed by atoms with Gasteiger partial charge in [0.05, 0.1) is 27.1 Å². The van der Waals surface area contributed by atoms with Crippen LogP contribution in [0.25, 0.3) is 10.2 Å². The van der Waals surface area contributed by atoms with E-state index in [2.05, 4.69) is 10.3 Å². The molecule has 0 saturated heterocycles. The quantitative estimate of drug-likeness (QED) is 0.619. The Morgan fingerprint density at radius 2 is 1.76 bits per heavy atom. The minimum atomic E-state index is -3.32. The number of carbonyl (C=O) groups excluding carboxylic acids is 3. The summed E-state index contributed by atoms with van der Waals surface area (Å²) in [6.07, 6.45) is 1.08. The van der Waals surface area contributed by atoms with Gasteiger partial charge in [0, 0.05) is 12.8 Å². The van der Waals surface area contributed by atoms with E-state index in [9.17, 15) is 22.8 Å². The molecule has 0 fully saturated rings. The summed E-state index contributed by atoms with van der Waals surface area (Å²) in [6, 6.07) is 11.2. The van der Waals surface area contributed by atoms with E-state index >= 15 is 0 Å². The largest absolute Gasteiger partial charge is 0.340 e. The van der Waals surface area contributed by atoms with Crippen LogP contribution in [0, 0.1) is 0 Å². The fourth-order valence-corrected chi connectivity index (χ4v) is 4.76. The number of thiazole rings is 1. The molecule has 1 aliphatic heterocycles. The van der Waals surface area contributed by atoms with E-state index in [1.165, 1.54) is 17.4 Å². The zero-order valence-corrected chi connectivity index (χ0v) is 16.9. The molecule has 148 valence electrons. The van der Waals surface area contributed by atoms with Crippen molar-refractivity contribution in [2.45, 2.75) is 11.3 Å². The molecular weight excluding hydrogens is 414 g/mol. The van der Waals surface area contributed by atoms with Crippen molar-refractivity contribution in [2.24, 2.45) is 0 Å². The number of sulfone groups is 1. The van der Waals surface area contributed by atoms with Gasteiger partial charge in [0.15, 0.2) is 9.84 Å². The highest BCUT2D eigenvalue weighted by molar-refractivity contribution is 7.90. The number of hydrogen-bond donors (Lipinski definition) is 1. The van der Waals surface area contributed by atoms with Gasteiger partial charge in [-0.15, -0.1) is 0 Å². The van der Waals surface area contributed by atoms with Gasteiger partial charge in [-0.05, 0) is 41.7 Å². The second-order valence-electron chi connectivity index (χ2n) is 6.59. The Bertz CT molecular complexity index is 1240. The van der Waals surface area contributed by atoms with Crippen LogP contribution in [0.5, 0.6) is 0 Å². The molecule has 3 aromatic rings. The highest BCUT2D eigenvalue weighted by Crippen LogP contribution is 2.25. The Hall–Kier alpha value is -3.11. The minimum Gasteiger partial charge on any atom is -0.274 e. The van der Waals surface area contributed by atoms with E-state index in [4.69, 9.17) is 0 Å². The molecule has 10 heteroatoms. The second-order valence-corrected chi connectivity index (χ2v) is 9.66. The first-order chi connectivity index (χ1) is 13.7. The van der Waals surface area contributed by atoms with Crippen LogP contribution in [-0.2, 0) is 14.6 Å². The molecule has 0 radical (unpaired) electrons. The van der Waals surface area contributed by atoms with Crippen molar-refractivity contribution in [1.82, 2.24) is 4.90 Å². The van der Waals surface area contributed by atoms with Gasteiger partial charge in [0.1, 0.15) is 5.52 Å². The van der Waals surface area contributed by atoms with E-state index in [0.717, 1.165) is 11.2 Å². The molecule has 4 rings (SSSR count). The summed E-state index contributed by atoms with van der Waals surface area (Å²) in [6.45, 7) is -0.0265. The number of imide groups is 1. The van der Waals surface area contributed by atoms with E-state index in [1.807, 2.05) is 0 Å². The zero-order chi connectivity index (χ0) is 20.8. The third kappa shape index (κ3) is 3.64. The Labute approximate surface area is 170 Å². The predicted molar refractivity (Wildman–Crippen MR) is 107 cm³/mol. The zero-order valence-electron chi connectivity index (χ0n) is 15.3. The fourth-order valence-electron chi connectivity index (χ4n) is 3.08. The highest BCUT2D eigenvalue weighted by Gasteiger charge is 2.35. The number of nitrogens with one attached hydrogen (secondary N) is 2. The Kier molecular flexibility index (Phi) is 4.67. The van der Waals surface area contributed by atoms with Crippen molar-refractivity contribution in [3.63, 3.8) is 0 Å². The average Bonchev–Trinajstić information content (AvgIpc) is 3.18. The third-order valence-corrected chi connectivity index (χ3v) is 6.61. The molecular formula is C19H16N3O5S2+. The summed E-state index contributed by atoms with van der Waals surface area (Å²) < 4.78 is 24.0. The molecule has 0 saturated carbocycles. The van der Waals surface area contributed by atoms with Crippen molar-refractivity contribution < 1.29 is 27.8 Å². The van der Waals surface area contributed by atoms with E-state index in [0.29, 0.717) is 26.5 Å². The summed E-state index contributed by atoms with van der Waals surface area (Å²) in [5, 5.41) is 3.13. The van der Waals surface area contributed by atoms with Crippen molar-refractivity contribution in [2.75, 3.05) is 18.1 Å². The Morgan fingerprint density at radius 3 is 2.38 bits per heavy atom. The molecule has 3 amide bonds. The summed E-state index contributed by atoms with van der Waals surface area (Å²) in [4.78, 5) is 41.2. The molecule has 2 aromatic carbocycles. The number of aromatic nitrogens is 1. The molecule has 0 atom stereocenters. The molecule has 1 aliphatic rings. The predicted octanol–water partition coefficient (Wildman–Crippen LogP) is 1.74. The van der Waals surface area contributed by atoms with Crippen LogP contribution in [0.4, 0.5) is 5.13 Å². The normalized spacial score (nSPS) is 13.8. The number of rotatable bonds is 5. The van der Waals surface area contributed by atoms with Gasteiger partial charge in [-0.25, -0.2) is 23.5 Å². The Morgan fingerprint density at radius 1 is 1.10 bits per heavy atom. The standard InChI is InChI=1S/C19H15N3O5S2/c1-29(26,27)11-6-7-14-15(10-11)28-19(20-14)21-16(23)8-9-22-17(24)12-4-2-3-5-13(12)18(22)25/h2-7,10H,8-9H2,1H3,(H,20,21,23)/p+1. The molecule has 2 N–H and O–H groups in total. The number of H-pyrrole nitrogens is 1. The number of benzene rings is 2. The van der Waals surface area contributed by atoms with Crippen LogP contribution in [0.15, 0.2) is 47.4 Å². The summed E-state index contributed by atoms with van der Waals surface area (Å²) in [7, 11) is -3.32. The second kappa shape index (κ2) is 7.05. The fraction of sp³-hybridized carbons (Fsp3) is 0.158. The molecule has 0 unspecified atom stereocenters. The van der Waals surface area contributed by atoms with Gasteiger partial charge in [0.2, 0.25) is 0 Å². The number of anilines is 1. The topological polar surface area (TPSA) is 115 Å². The lowest BCUT2D eigenvalue weighted by molar-refractivity contribution is -0.321. The van der Waals surface area contributed by atoms with Crippen LogP contribution in [0.3, 0.4) is 0 Å². The van der Waals surface area contributed by atoms with Gasteiger partial charge in [-0.1, -0.05) is 12.1 Å². The summed E-state index contributed by atoms with van der Waals surface area (Å²) in [5.41, 5.74) is 1.38. The van der Waals surface area contributed by atoms with Crippen molar-refractivity contribution in [3.8, 4) is 0 Å². The molecule has 8 nitrogen and oxygen atoms in total. The minimum absolute atomic E-state index is 0.0265. The first-order valence-electron chi connectivity index (χ1n) is 8.65. The lowest BCUT2D eigenvalue weighted by Gasteiger charge is -2.11. The van der Waals surface area contributed by atoms with Crippen molar-refractivity contribution in [3.05, 3.63) is 53.6 Å². The number of carbonyl (C=O) groups is 3. The molecule has 0 aliphatic carbocycles. The molecule has 2 heterocycles. The lowest BCUT2D eigenvalue weighted by atomic mass is 10.1. The van der Waals surface area contributed by atoms with E-state index in [1.54, 1.807) is 36.4 Å². The Balaban J connectivity index is 1.43. The van der Waals surface area contributed by atoms with Crippen LogP contribution in [0.2, 0.25) is 0 Å². The first-order valence-corrected chi connectivity index (χ1v) is 11.4.